The minimum absolute atomic E-state index is 0.190. The van der Waals surface area contributed by atoms with Crippen molar-refractivity contribution in [1.29, 1.82) is 0 Å². The van der Waals surface area contributed by atoms with Gasteiger partial charge in [-0.05, 0) is 42.5 Å². The van der Waals surface area contributed by atoms with Crippen LogP contribution in [0.1, 0.15) is 31.1 Å². The molecule has 29 heavy (non-hydrogen) atoms. The molecule has 1 fully saturated rings. The van der Waals surface area contributed by atoms with Crippen molar-refractivity contribution in [3.05, 3.63) is 58.1 Å². The van der Waals surface area contributed by atoms with E-state index in [1.165, 1.54) is 0 Å². The number of amides is 2. The first-order valence-corrected chi connectivity index (χ1v) is 10.3. The number of carbonyl (C=O) groups excluding carboxylic acids is 2. The minimum atomic E-state index is -0.353. The summed E-state index contributed by atoms with van der Waals surface area (Å²) in [5.41, 5.74) is 1.72. The Kier molecular flexibility index (Phi) is 6.39. The predicted octanol–water partition coefficient (Wildman–Crippen LogP) is 4.94. The molecule has 0 radical (unpaired) electrons. The minimum Gasteiger partial charge on any atom is -0.368 e. The van der Waals surface area contributed by atoms with Gasteiger partial charge in [-0.15, -0.1) is 0 Å². The van der Waals surface area contributed by atoms with Crippen LogP contribution >= 0.6 is 23.2 Å². The van der Waals surface area contributed by atoms with Crippen molar-refractivity contribution in [3.63, 3.8) is 0 Å². The molecule has 7 heteroatoms. The van der Waals surface area contributed by atoms with Crippen LogP contribution in [0.4, 0.5) is 11.4 Å². The number of hydrogen-bond donors (Lipinski definition) is 1. The van der Waals surface area contributed by atoms with Gasteiger partial charge in [-0.3, -0.25) is 9.59 Å². The summed E-state index contributed by atoms with van der Waals surface area (Å²) in [6.07, 6.45) is 0. The Morgan fingerprint density at radius 2 is 1.55 bits per heavy atom. The Morgan fingerprint density at radius 1 is 0.931 bits per heavy atom. The van der Waals surface area contributed by atoms with Gasteiger partial charge in [-0.25, -0.2) is 0 Å². The molecule has 0 atom stereocenters. The van der Waals surface area contributed by atoms with Gasteiger partial charge in [0, 0.05) is 48.0 Å². The highest BCUT2D eigenvalue weighted by Gasteiger charge is 2.29. The molecule has 0 spiro atoms. The van der Waals surface area contributed by atoms with Crippen molar-refractivity contribution in [1.82, 2.24) is 4.90 Å². The van der Waals surface area contributed by atoms with Gasteiger partial charge in [0.2, 0.25) is 5.91 Å². The fourth-order valence-corrected chi connectivity index (χ4v) is 3.64. The molecule has 2 aromatic rings. The molecule has 0 saturated carbocycles. The molecule has 1 aliphatic heterocycles. The first kappa shape index (κ1) is 21.5. The summed E-state index contributed by atoms with van der Waals surface area (Å²) in [5.74, 6) is -0.116. The third kappa shape index (κ3) is 5.22. The number of carbonyl (C=O) groups is 2. The van der Waals surface area contributed by atoms with E-state index in [9.17, 15) is 9.59 Å². The molecular formula is C22H25Cl2N3O2. The highest BCUT2D eigenvalue weighted by molar-refractivity contribution is 6.36. The Hall–Kier alpha value is -2.24. The van der Waals surface area contributed by atoms with Crippen LogP contribution in [0.15, 0.2) is 42.5 Å². The molecule has 1 saturated heterocycles. The van der Waals surface area contributed by atoms with Crippen LogP contribution < -0.4 is 10.2 Å². The lowest BCUT2D eigenvalue weighted by atomic mass is 9.94. The second kappa shape index (κ2) is 8.64. The van der Waals surface area contributed by atoms with Crippen LogP contribution in [0.25, 0.3) is 0 Å². The monoisotopic (exact) mass is 433 g/mol. The molecule has 154 valence electrons. The van der Waals surface area contributed by atoms with E-state index in [1.54, 1.807) is 18.2 Å². The average molecular weight is 434 g/mol. The van der Waals surface area contributed by atoms with Crippen LogP contribution in [0, 0.1) is 5.41 Å². The number of benzene rings is 2. The number of anilines is 2. The molecule has 0 aromatic heterocycles. The molecule has 1 aliphatic rings. The van der Waals surface area contributed by atoms with E-state index in [0.717, 1.165) is 18.8 Å². The second-order valence-corrected chi connectivity index (χ2v) is 9.00. The summed E-state index contributed by atoms with van der Waals surface area (Å²) >= 11 is 12.0. The molecule has 3 rings (SSSR count). The van der Waals surface area contributed by atoms with Crippen molar-refractivity contribution in [2.24, 2.45) is 5.41 Å². The van der Waals surface area contributed by atoms with E-state index in [-0.39, 0.29) is 17.2 Å². The summed E-state index contributed by atoms with van der Waals surface area (Å²) in [4.78, 5) is 29.0. The lowest BCUT2D eigenvalue weighted by molar-refractivity contribution is -0.139. The maximum absolute atomic E-state index is 12.5. The van der Waals surface area contributed by atoms with Crippen molar-refractivity contribution in [2.45, 2.75) is 20.8 Å². The van der Waals surface area contributed by atoms with Crippen molar-refractivity contribution < 1.29 is 9.59 Å². The molecule has 1 N–H and O–H groups in total. The third-order valence-corrected chi connectivity index (χ3v) is 5.44. The molecule has 0 bridgehead atoms. The van der Waals surface area contributed by atoms with Gasteiger partial charge in [0.25, 0.3) is 5.91 Å². The Balaban J connectivity index is 1.60. The highest BCUT2D eigenvalue weighted by Crippen LogP contribution is 2.24. The molecule has 1 heterocycles. The zero-order valence-electron chi connectivity index (χ0n) is 16.8. The summed E-state index contributed by atoms with van der Waals surface area (Å²) in [6.45, 7) is 8.84. The van der Waals surface area contributed by atoms with Gasteiger partial charge in [0.05, 0.1) is 10.6 Å². The normalized spacial score (nSPS) is 14.7. The quantitative estimate of drug-likeness (QED) is 0.745. The standard InChI is InChI=1S/C22H25Cl2N3O2/c1-22(2,3)21(29)27-12-10-26(11-13-27)17-7-5-16(6-8-17)25-20(28)18-14-15(23)4-9-19(18)24/h4-9,14H,10-13H2,1-3H3,(H,25,28). The summed E-state index contributed by atoms with van der Waals surface area (Å²) < 4.78 is 0. The predicted molar refractivity (Wildman–Crippen MR) is 119 cm³/mol. The second-order valence-electron chi connectivity index (χ2n) is 8.15. The summed E-state index contributed by atoms with van der Waals surface area (Å²) in [7, 11) is 0. The fourth-order valence-electron chi connectivity index (χ4n) is 3.27. The highest BCUT2D eigenvalue weighted by atomic mass is 35.5. The Bertz CT molecular complexity index is 899. The van der Waals surface area contributed by atoms with Gasteiger partial charge in [-0.2, -0.15) is 0 Å². The SMILES string of the molecule is CC(C)(C)C(=O)N1CCN(c2ccc(NC(=O)c3cc(Cl)ccc3Cl)cc2)CC1. The number of nitrogens with zero attached hydrogens (tertiary/aromatic N) is 2. The fraction of sp³-hybridized carbons (Fsp3) is 0.364. The van der Waals surface area contributed by atoms with Gasteiger partial charge in [0.15, 0.2) is 0 Å². The Morgan fingerprint density at radius 3 is 2.14 bits per heavy atom. The average Bonchev–Trinajstić information content (AvgIpc) is 2.69. The molecule has 5 nitrogen and oxygen atoms in total. The maximum Gasteiger partial charge on any atom is 0.257 e. The van der Waals surface area contributed by atoms with E-state index in [1.807, 2.05) is 49.9 Å². The van der Waals surface area contributed by atoms with Gasteiger partial charge >= 0.3 is 0 Å². The molecule has 0 aliphatic carbocycles. The number of piperazine rings is 1. The molecular weight excluding hydrogens is 409 g/mol. The van der Waals surface area contributed by atoms with Gasteiger partial charge in [-0.1, -0.05) is 44.0 Å². The lowest BCUT2D eigenvalue weighted by Crippen LogP contribution is -2.51. The van der Waals surface area contributed by atoms with E-state index < -0.39 is 0 Å². The van der Waals surface area contributed by atoms with E-state index in [2.05, 4.69) is 10.2 Å². The largest absolute Gasteiger partial charge is 0.368 e. The van der Waals surface area contributed by atoms with E-state index in [4.69, 9.17) is 23.2 Å². The molecule has 2 aromatic carbocycles. The van der Waals surface area contributed by atoms with Crippen molar-refractivity contribution >= 4 is 46.4 Å². The first-order chi connectivity index (χ1) is 13.6. The summed E-state index contributed by atoms with van der Waals surface area (Å²) in [6, 6.07) is 12.5. The topological polar surface area (TPSA) is 52.7 Å². The number of nitrogens with one attached hydrogen (secondary N) is 1. The first-order valence-electron chi connectivity index (χ1n) is 9.56. The number of hydrogen-bond acceptors (Lipinski definition) is 3. The Labute approximate surface area is 181 Å². The maximum atomic E-state index is 12.5. The molecule has 2 amide bonds. The van der Waals surface area contributed by atoms with E-state index >= 15 is 0 Å². The van der Waals surface area contributed by atoms with Crippen LogP contribution in [-0.4, -0.2) is 42.9 Å². The molecule has 0 unspecified atom stereocenters. The zero-order valence-corrected chi connectivity index (χ0v) is 18.3. The van der Waals surface area contributed by atoms with Crippen LogP contribution in [0.2, 0.25) is 10.0 Å². The van der Waals surface area contributed by atoms with Crippen molar-refractivity contribution in [3.8, 4) is 0 Å². The number of halogens is 2. The van der Waals surface area contributed by atoms with E-state index in [0.29, 0.717) is 34.4 Å². The van der Waals surface area contributed by atoms with Crippen LogP contribution in [0.3, 0.4) is 0 Å². The number of rotatable bonds is 3. The zero-order chi connectivity index (χ0) is 21.2. The smallest absolute Gasteiger partial charge is 0.257 e. The lowest BCUT2D eigenvalue weighted by Gasteiger charge is -2.38. The summed E-state index contributed by atoms with van der Waals surface area (Å²) in [5, 5.41) is 3.65. The van der Waals surface area contributed by atoms with Crippen molar-refractivity contribution in [2.75, 3.05) is 36.4 Å². The third-order valence-electron chi connectivity index (χ3n) is 4.87. The van der Waals surface area contributed by atoms with Gasteiger partial charge < -0.3 is 15.1 Å². The van der Waals surface area contributed by atoms with Crippen LogP contribution in [0.5, 0.6) is 0 Å². The van der Waals surface area contributed by atoms with Gasteiger partial charge in [0.1, 0.15) is 0 Å². The van der Waals surface area contributed by atoms with Crippen LogP contribution in [-0.2, 0) is 4.79 Å².